The monoisotopic (exact) mass is 232 g/mol. The fraction of sp³-hybridized carbons (Fsp3) is 0.333. The van der Waals surface area contributed by atoms with Crippen LogP contribution in [0.3, 0.4) is 0 Å². The molecular weight excluding hydrogens is 212 g/mol. The van der Waals surface area contributed by atoms with Crippen molar-refractivity contribution in [1.82, 2.24) is 0 Å². The first kappa shape index (κ1) is 13.5. The zero-order chi connectivity index (χ0) is 12.9. The third kappa shape index (κ3) is 3.75. The van der Waals surface area contributed by atoms with Crippen LogP contribution in [-0.4, -0.2) is 17.3 Å². The maximum Gasteiger partial charge on any atom is 0.106 e. The van der Waals surface area contributed by atoms with E-state index in [1.165, 1.54) is 0 Å². The Morgan fingerprint density at radius 1 is 1.24 bits per heavy atom. The summed E-state index contributed by atoms with van der Waals surface area (Å²) in [5, 5.41) is 9.98. The number of rotatable bonds is 4. The van der Waals surface area contributed by atoms with Gasteiger partial charge in [0, 0.05) is 0 Å². The third-order valence-electron chi connectivity index (χ3n) is 2.73. The molecule has 92 valence electrons. The van der Waals surface area contributed by atoms with Gasteiger partial charge in [-0.1, -0.05) is 49.6 Å². The van der Waals surface area contributed by atoms with Gasteiger partial charge in [0.2, 0.25) is 0 Å². The predicted molar refractivity (Wildman–Crippen MR) is 71.4 cm³/mol. The van der Waals surface area contributed by atoms with Crippen LogP contribution in [0.1, 0.15) is 13.8 Å². The summed E-state index contributed by atoms with van der Waals surface area (Å²) < 4.78 is 5.48. The van der Waals surface area contributed by atoms with Crippen LogP contribution >= 0.6 is 0 Å². The van der Waals surface area contributed by atoms with Crippen molar-refractivity contribution < 1.29 is 9.84 Å². The van der Waals surface area contributed by atoms with E-state index in [1.807, 2.05) is 31.2 Å². The molecular formula is C15H20O2. The Morgan fingerprint density at radius 3 is 2.53 bits per heavy atom. The standard InChI is InChI=1S/C15H20O2/c1-5-12-17-13(2)14(3)8-6-7-9-15(4,16)11-10-14/h5-11,16H,1-2,12H2,3-4H3/b8-6-,9-7-,11-10?. The molecule has 2 atom stereocenters. The largest absolute Gasteiger partial charge is 0.493 e. The molecule has 0 aromatic heterocycles. The molecule has 2 unspecified atom stereocenters. The van der Waals surface area contributed by atoms with E-state index in [1.54, 1.807) is 25.2 Å². The number of aliphatic hydroxyl groups is 1. The highest BCUT2D eigenvalue weighted by atomic mass is 16.5. The molecule has 2 heteroatoms. The lowest BCUT2D eigenvalue weighted by molar-refractivity contribution is 0.160. The highest BCUT2D eigenvalue weighted by molar-refractivity contribution is 5.30. The highest BCUT2D eigenvalue weighted by Gasteiger charge is 2.25. The molecule has 1 aliphatic carbocycles. The van der Waals surface area contributed by atoms with Crippen molar-refractivity contribution in [1.29, 1.82) is 0 Å². The van der Waals surface area contributed by atoms with Crippen LogP contribution in [0.5, 0.6) is 0 Å². The normalized spacial score (nSPS) is 35.5. The number of allylic oxidation sites excluding steroid dienone is 3. The topological polar surface area (TPSA) is 29.5 Å². The van der Waals surface area contributed by atoms with E-state index in [0.29, 0.717) is 12.4 Å². The Hall–Kier alpha value is -1.54. The smallest absolute Gasteiger partial charge is 0.106 e. The van der Waals surface area contributed by atoms with E-state index in [0.717, 1.165) is 0 Å². The minimum absolute atomic E-state index is 0.419. The van der Waals surface area contributed by atoms with Crippen molar-refractivity contribution in [3.63, 3.8) is 0 Å². The van der Waals surface area contributed by atoms with E-state index in [-0.39, 0.29) is 0 Å². The first-order valence-electron chi connectivity index (χ1n) is 5.62. The van der Waals surface area contributed by atoms with Crippen LogP contribution < -0.4 is 0 Å². The minimum atomic E-state index is -0.940. The van der Waals surface area contributed by atoms with Crippen molar-refractivity contribution in [3.05, 3.63) is 61.4 Å². The molecule has 0 aliphatic heterocycles. The summed E-state index contributed by atoms with van der Waals surface area (Å²) in [6.07, 6.45) is 12.8. The molecule has 0 radical (unpaired) electrons. The van der Waals surface area contributed by atoms with Crippen LogP contribution in [0.2, 0.25) is 0 Å². The Bertz CT molecular complexity index is 386. The Balaban J connectivity index is 2.95. The molecule has 0 saturated heterocycles. The van der Waals surface area contributed by atoms with Gasteiger partial charge in [-0.2, -0.15) is 0 Å². The lowest BCUT2D eigenvalue weighted by Crippen LogP contribution is -2.22. The van der Waals surface area contributed by atoms with Gasteiger partial charge in [-0.05, 0) is 19.9 Å². The summed E-state index contributed by atoms with van der Waals surface area (Å²) in [6, 6.07) is 0. The van der Waals surface area contributed by atoms with Crippen LogP contribution in [-0.2, 0) is 4.74 Å². The average molecular weight is 232 g/mol. The summed E-state index contributed by atoms with van der Waals surface area (Å²) in [5.41, 5.74) is -1.36. The van der Waals surface area contributed by atoms with Gasteiger partial charge < -0.3 is 9.84 Å². The summed E-state index contributed by atoms with van der Waals surface area (Å²) in [6.45, 7) is 11.7. The van der Waals surface area contributed by atoms with Crippen molar-refractivity contribution in [2.45, 2.75) is 19.4 Å². The summed E-state index contributed by atoms with van der Waals surface area (Å²) in [4.78, 5) is 0. The van der Waals surface area contributed by atoms with E-state index >= 15 is 0 Å². The second kappa shape index (κ2) is 5.19. The SMILES string of the molecule is C=CCOC(=C)C1(C)C=CC(C)(O)/C=C\C=C/1. The highest BCUT2D eigenvalue weighted by Crippen LogP contribution is 2.32. The van der Waals surface area contributed by atoms with Gasteiger partial charge in [0.1, 0.15) is 12.4 Å². The maximum absolute atomic E-state index is 9.98. The molecule has 0 spiro atoms. The van der Waals surface area contributed by atoms with Crippen LogP contribution in [0.15, 0.2) is 61.4 Å². The molecule has 0 aromatic rings. The van der Waals surface area contributed by atoms with Crippen molar-refractivity contribution in [3.8, 4) is 0 Å². The molecule has 1 N–H and O–H groups in total. The lowest BCUT2D eigenvalue weighted by atomic mass is 9.84. The first-order chi connectivity index (χ1) is 7.90. The molecule has 1 rings (SSSR count). The van der Waals surface area contributed by atoms with Gasteiger partial charge in [-0.3, -0.25) is 0 Å². The summed E-state index contributed by atoms with van der Waals surface area (Å²) in [7, 11) is 0. The molecule has 0 bridgehead atoms. The predicted octanol–water partition coefficient (Wildman–Crippen LogP) is 3.14. The van der Waals surface area contributed by atoms with Crippen molar-refractivity contribution in [2.75, 3.05) is 6.61 Å². The van der Waals surface area contributed by atoms with Gasteiger partial charge >= 0.3 is 0 Å². The number of hydrogen-bond donors (Lipinski definition) is 1. The second-order valence-electron chi connectivity index (χ2n) is 4.58. The van der Waals surface area contributed by atoms with E-state index < -0.39 is 11.0 Å². The van der Waals surface area contributed by atoms with Crippen molar-refractivity contribution in [2.24, 2.45) is 5.41 Å². The minimum Gasteiger partial charge on any atom is -0.493 e. The molecule has 17 heavy (non-hydrogen) atoms. The van der Waals surface area contributed by atoms with Gasteiger partial charge in [-0.25, -0.2) is 0 Å². The number of hydrogen-bond acceptors (Lipinski definition) is 2. The Labute approximate surface area is 103 Å². The van der Waals surface area contributed by atoms with Crippen molar-refractivity contribution >= 4 is 0 Å². The third-order valence-corrected chi connectivity index (χ3v) is 2.73. The molecule has 0 saturated carbocycles. The fourth-order valence-electron chi connectivity index (χ4n) is 1.46. The molecule has 0 fully saturated rings. The van der Waals surface area contributed by atoms with Gasteiger partial charge in [-0.15, -0.1) is 0 Å². The van der Waals surface area contributed by atoms with Crippen LogP contribution in [0.4, 0.5) is 0 Å². The molecule has 0 heterocycles. The zero-order valence-corrected chi connectivity index (χ0v) is 10.5. The average Bonchev–Trinajstić information content (AvgIpc) is 2.27. The summed E-state index contributed by atoms with van der Waals surface area (Å²) in [5.74, 6) is 0.635. The lowest BCUT2D eigenvalue weighted by Gasteiger charge is -2.27. The van der Waals surface area contributed by atoms with Gasteiger partial charge in [0.25, 0.3) is 0 Å². The Kier molecular flexibility index (Phi) is 4.13. The second-order valence-corrected chi connectivity index (χ2v) is 4.58. The molecule has 0 amide bonds. The number of ether oxygens (including phenoxy) is 1. The molecule has 0 aromatic carbocycles. The molecule has 1 aliphatic rings. The van der Waals surface area contributed by atoms with Crippen LogP contribution in [0, 0.1) is 5.41 Å². The van der Waals surface area contributed by atoms with E-state index in [4.69, 9.17) is 4.74 Å². The quantitative estimate of drug-likeness (QED) is 0.596. The first-order valence-corrected chi connectivity index (χ1v) is 5.62. The zero-order valence-electron chi connectivity index (χ0n) is 10.5. The van der Waals surface area contributed by atoms with Gasteiger partial charge in [0.15, 0.2) is 0 Å². The molecule has 2 nitrogen and oxygen atoms in total. The van der Waals surface area contributed by atoms with E-state index in [2.05, 4.69) is 13.2 Å². The maximum atomic E-state index is 9.98. The van der Waals surface area contributed by atoms with Crippen LogP contribution in [0.25, 0.3) is 0 Å². The van der Waals surface area contributed by atoms with Gasteiger partial charge in [0.05, 0.1) is 11.0 Å². The fourth-order valence-corrected chi connectivity index (χ4v) is 1.46. The van der Waals surface area contributed by atoms with E-state index in [9.17, 15) is 5.11 Å². The Morgan fingerprint density at radius 2 is 1.88 bits per heavy atom. The summed E-state index contributed by atoms with van der Waals surface area (Å²) >= 11 is 0.